The van der Waals surface area contributed by atoms with Crippen molar-refractivity contribution in [3.8, 4) is 11.8 Å². The van der Waals surface area contributed by atoms with Gasteiger partial charge in [-0.15, -0.1) is 0 Å². The molecule has 0 saturated carbocycles. The van der Waals surface area contributed by atoms with E-state index < -0.39 is 0 Å². The van der Waals surface area contributed by atoms with E-state index >= 15 is 0 Å². The number of aliphatic hydroxyl groups is 1. The number of hydrogen-bond donors (Lipinski definition) is 1. The van der Waals surface area contributed by atoms with Gasteiger partial charge >= 0.3 is 0 Å². The molecule has 0 heterocycles. The topological polar surface area (TPSA) is 40.5 Å². The summed E-state index contributed by atoms with van der Waals surface area (Å²) >= 11 is 0. The second kappa shape index (κ2) is 9.20. The predicted octanol–water partition coefficient (Wildman–Crippen LogP) is 3.07. The van der Waals surface area contributed by atoms with Gasteiger partial charge in [-0.2, -0.15) is 0 Å². The fourth-order valence-electron chi connectivity index (χ4n) is 2.13. The van der Waals surface area contributed by atoms with Crippen molar-refractivity contribution in [2.75, 3.05) is 13.2 Å². The minimum Gasteiger partial charge on any atom is -0.384 e. The molecule has 0 aliphatic heterocycles. The van der Waals surface area contributed by atoms with E-state index in [2.05, 4.69) is 18.8 Å². The van der Waals surface area contributed by atoms with E-state index in [9.17, 15) is 4.79 Å². The Morgan fingerprint density at radius 3 is 2.43 bits per heavy atom. The van der Waals surface area contributed by atoms with Crippen molar-refractivity contribution in [1.29, 1.82) is 0 Å². The monoisotopic (exact) mass is 287 g/mol. The van der Waals surface area contributed by atoms with Crippen LogP contribution in [0.2, 0.25) is 0 Å². The minimum atomic E-state index is -0.154. The fourth-order valence-corrected chi connectivity index (χ4v) is 2.13. The van der Waals surface area contributed by atoms with Crippen molar-refractivity contribution in [1.82, 2.24) is 4.90 Å². The summed E-state index contributed by atoms with van der Waals surface area (Å²) in [6, 6.07) is 7.45. The van der Waals surface area contributed by atoms with Gasteiger partial charge in [-0.05, 0) is 44.5 Å². The normalized spacial score (nSPS) is 10.1. The smallest absolute Gasteiger partial charge is 0.254 e. The van der Waals surface area contributed by atoms with Gasteiger partial charge in [-0.3, -0.25) is 4.79 Å². The lowest BCUT2D eigenvalue weighted by molar-refractivity contribution is 0.0702. The second-order valence-electron chi connectivity index (χ2n) is 5.34. The molecule has 3 nitrogen and oxygen atoms in total. The number of amides is 1. The van der Waals surface area contributed by atoms with Crippen LogP contribution >= 0.6 is 0 Å². The van der Waals surface area contributed by atoms with E-state index in [1.54, 1.807) is 12.1 Å². The van der Waals surface area contributed by atoms with Crippen molar-refractivity contribution in [2.45, 2.75) is 46.1 Å². The first kappa shape index (κ1) is 17.3. The van der Waals surface area contributed by atoms with E-state index in [1.165, 1.54) is 0 Å². The Bertz CT molecular complexity index is 494. The molecule has 0 spiro atoms. The molecule has 114 valence electrons. The lowest BCUT2D eigenvalue weighted by Gasteiger charge is -2.27. The molecule has 0 bridgehead atoms. The average molecular weight is 287 g/mol. The Labute approximate surface area is 128 Å². The Kier molecular flexibility index (Phi) is 7.56. The predicted molar refractivity (Wildman–Crippen MR) is 86.1 cm³/mol. The lowest BCUT2D eigenvalue weighted by atomic mass is 10.1. The number of carbonyl (C=O) groups is 1. The molecule has 0 fully saturated rings. The number of rotatable bonds is 6. The van der Waals surface area contributed by atoms with Crippen LogP contribution in [0.4, 0.5) is 0 Å². The largest absolute Gasteiger partial charge is 0.384 e. The Balaban J connectivity index is 2.78. The third-order valence-electron chi connectivity index (χ3n) is 3.33. The molecule has 1 rings (SSSR count). The van der Waals surface area contributed by atoms with Crippen LogP contribution in [0.3, 0.4) is 0 Å². The third-order valence-corrected chi connectivity index (χ3v) is 3.33. The molecule has 0 unspecified atom stereocenters. The van der Waals surface area contributed by atoms with Gasteiger partial charge in [0.2, 0.25) is 0 Å². The number of benzene rings is 1. The van der Waals surface area contributed by atoms with Crippen LogP contribution in [-0.4, -0.2) is 35.1 Å². The van der Waals surface area contributed by atoms with Crippen molar-refractivity contribution < 1.29 is 9.90 Å². The zero-order valence-electron chi connectivity index (χ0n) is 13.2. The molecular weight excluding hydrogens is 262 g/mol. The summed E-state index contributed by atoms with van der Waals surface area (Å²) in [5, 5.41) is 8.67. The first-order valence-corrected chi connectivity index (χ1v) is 7.61. The lowest BCUT2D eigenvalue weighted by Crippen LogP contribution is -2.37. The summed E-state index contributed by atoms with van der Waals surface area (Å²) in [6.45, 7) is 6.90. The van der Waals surface area contributed by atoms with E-state index in [4.69, 9.17) is 5.11 Å². The van der Waals surface area contributed by atoms with E-state index in [-0.39, 0.29) is 18.6 Å². The van der Waals surface area contributed by atoms with Crippen LogP contribution in [0.25, 0.3) is 0 Å². The highest BCUT2D eigenvalue weighted by Gasteiger charge is 2.17. The summed E-state index contributed by atoms with van der Waals surface area (Å²) in [6.07, 6.45) is 3.34. The SMILES string of the molecule is CCCCCN(C(=O)c1ccc(C#CCO)cc1)C(C)C. The summed E-state index contributed by atoms with van der Waals surface area (Å²) in [5.41, 5.74) is 1.50. The van der Waals surface area contributed by atoms with Crippen LogP contribution in [-0.2, 0) is 0 Å². The van der Waals surface area contributed by atoms with Gasteiger partial charge < -0.3 is 10.0 Å². The average Bonchev–Trinajstić information content (AvgIpc) is 2.49. The summed E-state index contributed by atoms with van der Waals surface area (Å²) in [5.74, 6) is 5.50. The maximum Gasteiger partial charge on any atom is 0.254 e. The van der Waals surface area contributed by atoms with Gasteiger partial charge in [0.1, 0.15) is 6.61 Å². The van der Waals surface area contributed by atoms with Crippen LogP contribution < -0.4 is 0 Å². The first-order valence-electron chi connectivity index (χ1n) is 7.61. The number of carbonyl (C=O) groups excluding carboxylic acids is 1. The van der Waals surface area contributed by atoms with E-state index in [0.29, 0.717) is 5.56 Å². The van der Waals surface area contributed by atoms with Gasteiger partial charge in [-0.1, -0.05) is 31.6 Å². The number of aliphatic hydroxyl groups excluding tert-OH is 1. The molecule has 21 heavy (non-hydrogen) atoms. The van der Waals surface area contributed by atoms with Crippen LogP contribution in [0.1, 0.15) is 56.0 Å². The molecular formula is C18H25NO2. The van der Waals surface area contributed by atoms with Crippen LogP contribution in [0.5, 0.6) is 0 Å². The van der Waals surface area contributed by atoms with Gasteiger partial charge in [0.05, 0.1) is 0 Å². The highest BCUT2D eigenvalue weighted by molar-refractivity contribution is 5.94. The molecule has 1 amide bonds. The Hall–Kier alpha value is -1.79. The molecule has 0 radical (unpaired) electrons. The van der Waals surface area contributed by atoms with Crippen LogP contribution in [0.15, 0.2) is 24.3 Å². The van der Waals surface area contributed by atoms with Gasteiger partial charge in [-0.25, -0.2) is 0 Å². The van der Waals surface area contributed by atoms with Gasteiger partial charge in [0.25, 0.3) is 5.91 Å². The molecule has 0 aliphatic rings. The minimum absolute atomic E-state index is 0.0720. The highest BCUT2D eigenvalue weighted by Crippen LogP contribution is 2.11. The molecule has 0 aromatic heterocycles. The maximum atomic E-state index is 12.6. The number of unbranched alkanes of at least 4 members (excludes halogenated alkanes) is 2. The molecule has 1 aromatic carbocycles. The molecule has 1 aromatic rings. The fraction of sp³-hybridized carbons (Fsp3) is 0.500. The Morgan fingerprint density at radius 1 is 1.24 bits per heavy atom. The summed E-state index contributed by atoms with van der Waals surface area (Å²) < 4.78 is 0. The number of nitrogens with zero attached hydrogens (tertiary/aromatic N) is 1. The molecule has 0 atom stereocenters. The molecule has 1 N–H and O–H groups in total. The second-order valence-corrected chi connectivity index (χ2v) is 5.34. The molecule has 0 aliphatic carbocycles. The van der Waals surface area contributed by atoms with E-state index in [1.807, 2.05) is 30.9 Å². The summed E-state index contributed by atoms with van der Waals surface area (Å²) in [7, 11) is 0. The summed E-state index contributed by atoms with van der Waals surface area (Å²) in [4.78, 5) is 14.5. The van der Waals surface area contributed by atoms with Crippen molar-refractivity contribution >= 4 is 5.91 Å². The standard InChI is InChI=1S/C18H25NO2/c1-4-5-6-13-19(15(2)3)18(21)17-11-9-16(10-12-17)8-7-14-20/h9-12,15,20H,4-6,13-14H2,1-3H3. The first-order chi connectivity index (χ1) is 10.1. The van der Waals surface area contributed by atoms with Gasteiger partial charge in [0, 0.05) is 23.7 Å². The third kappa shape index (κ3) is 5.61. The zero-order valence-corrected chi connectivity index (χ0v) is 13.2. The van der Waals surface area contributed by atoms with Crippen molar-refractivity contribution in [3.05, 3.63) is 35.4 Å². The van der Waals surface area contributed by atoms with Crippen LogP contribution in [0, 0.1) is 11.8 Å². The quantitative estimate of drug-likeness (QED) is 0.645. The maximum absolute atomic E-state index is 12.6. The Morgan fingerprint density at radius 2 is 1.90 bits per heavy atom. The van der Waals surface area contributed by atoms with E-state index in [0.717, 1.165) is 31.4 Å². The van der Waals surface area contributed by atoms with Crippen molar-refractivity contribution in [2.24, 2.45) is 0 Å². The molecule has 3 heteroatoms. The zero-order chi connectivity index (χ0) is 15.7. The van der Waals surface area contributed by atoms with Crippen molar-refractivity contribution in [3.63, 3.8) is 0 Å². The highest BCUT2D eigenvalue weighted by atomic mass is 16.2. The molecule has 0 saturated heterocycles. The number of hydrogen-bond acceptors (Lipinski definition) is 2. The van der Waals surface area contributed by atoms with Gasteiger partial charge in [0.15, 0.2) is 0 Å².